The van der Waals surface area contributed by atoms with Gasteiger partial charge in [-0.05, 0) is 36.6 Å². The van der Waals surface area contributed by atoms with Gasteiger partial charge in [0, 0.05) is 13.1 Å². The van der Waals surface area contributed by atoms with Crippen LogP contribution in [0.5, 0.6) is 0 Å². The van der Waals surface area contributed by atoms with Crippen LogP contribution >= 0.6 is 22.7 Å². The van der Waals surface area contributed by atoms with E-state index >= 15 is 0 Å². The number of likely N-dealkylation sites (tertiary alicyclic amines) is 1. The normalized spacial score (nSPS) is 20.4. The molecule has 134 valence electrons. The molecule has 2 unspecified atom stereocenters. The molecule has 3 aromatic rings. The van der Waals surface area contributed by atoms with Crippen molar-refractivity contribution < 1.29 is 14.7 Å². The third kappa shape index (κ3) is 3.24. The van der Waals surface area contributed by atoms with Crippen molar-refractivity contribution in [2.75, 3.05) is 13.1 Å². The van der Waals surface area contributed by atoms with Crippen molar-refractivity contribution in [3.63, 3.8) is 0 Å². The Morgan fingerprint density at radius 2 is 1.96 bits per heavy atom. The maximum atomic E-state index is 12.9. The van der Waals surface area contributed by atoms with Crippen LogP contribution in [0, 0.1) is 11.8 Å². The number of amides is 1. The molecule has 1 aromatic carbocycles. The number of fused-ring (bicyclic) bond motifs is 1. The number of benzene rings is 1. The maximum absolute atomic E-state index is 12.9. The number of carbonyl (C=O) groups excluding carboxylic acids is 1. The first-order valence-electron chi connectivity index (χ1n) is 8.49. The number of para-hydroxylation sites is 1. The minimum Gasteiger partial charge on any atom is -0.481 e. The van der Waals surface area contributed by atoms with Crippen molar-refractivity contribution in [3.05, 3.63) is 41.3 Å². The van der Waals surface area contributed by atoms with E-state index < -0.39 is 11.9 Å². The molecule has 0 bridgehead atoms. The number of aliphatic carboxylic acids is 1. The number of carboxylic acid groups (broad SMARTS) is 1. The minimum absolute atomic E-state index is 0.0832. The highest BCUT2D eigenvalue weighted by atomic mass is 32.1. The lowest BCUT2D eigenvalue weighted by Gasteiger charge is -2.34. The molecule has 26 heavy (non-hydrogen) atoms. The van der Waals surface area contributed by atoms with Gasteiger partial charge >= 0.3 is 5.97 Å². The van der Waals surface area contributed by atoms with E-state index in [2.05, 4.69) is 4.98 Å². The van der Waals surface area contributed by atoms with Crippen molar-refractivity contribution in [1.82, 2.24) is 9.88 Å². The number of rotatable bonds is 3. The molecule has 2 atom stereocenters. The number of carboxylic acids is 1. The minimum atomic E-state index is -0.823. The number of thiophene rings is 1. The first-order chi connectivity index (χ1) is 12.5. The summed E-state index contributed by atoms with van der Waals surface area (Å²) in [5.41, 5.74) is 0.961. The second-order valence-electron chi connectivity index (χ2n) is 6.74. The Labute approximate surface area is 158 Å². The molecule has 2 aromatic heterocycles. The summed E-state index contributed by atoms with van der Waals surface area (Å²) in [5, 5.41) is 10.2. The third-order valence-corrected chi connectivity index (χ3v) is 6.90. The van der Waals surface area contributed by atoms with Crippen LogP contribution < -0.4 is 0 Å². The fourth-order valence-electron chi connectivity index (χ4n) is 3.40. The quantitative estimate of drug-likeness (QED) is 0.732. The van der Waals surface area contributed by atoms with Gasteiger partial charge in [0.1, 0.15) is 5.01 Å². The van der Waals surface area contributed by atoms with E-state index in [1.165, 1.54) is 11.3 Å². The van der Waals surface area contributed by atoms with Gasteiger partial charge in [0.2, 0.25) is 0 Å². The highest BCUT2D eigenvalue weighted by Gasteiger charge is 2.32. The zero-order chi connectivity index (χ0) is 18.3. The fraction of sp³-hybridized carbons (Fsp3) is 0.316. The number of thiazole rings is 1. The number of hydrogen-bond acceptors (Lipinski definition) is 5. The van der Waals surface area contributed by atoms with E-state index in [-0.39, 0.29) is 18.4 Å². The van der Waals surface area contributed by atoms with Crippen molar-refractivity contribution >= 4 is 44.8 Å². The monoisotopic (exact) mass is 386 g/mol. The Hall–Kier alpha value is -2.25. The highest BCUT2D eigenvalue weighted by molar-refractivity contribution is 7.26. The van der Waals surface area contributed by atoms with Gasteiger partial charge < -0.3 is 10.0 Å². The molecule has 0 spiro atoms. The average Bonchev–Trinajstić information content (AvgIpc) is 3.27. The molecular weight excluding hydrogens is 368 g/mol. The van der Waals surface area contributed by atoms with Crippen molar-refractivity contribution in [3.8, 4) is 9.88 Å². The topological polar surface area (TPSA) is 70.5 Å². The van der Waals surface area contributed by atoms with Crippen LogP contribution in [0.4, 0.5) is 0 Å². The molecule has 1 amide bonds. The lowest BCUT2D eigenvalue weighted by Crippen LogP contribution is -2.45. The first-order valence-corrected chi connectivity index (χ1v) is 10.1. The molecule has 0 aliphatic carbocycles. The summed E-state index contributed by atoms with van der Waals surface area (Å²) >= 11 is 3.04. The van der Waals surface area contributed by atoms with Gasteiger partial charge in [-0.1, -0.05) is 19.1 Å². The molecule has 0 radical (unpaired) electrons. The fourth-order valence-corrected chi connectivity index (χ4v) is 5.39. The largest absolute Gasteiger partial charge is 0.481 e. The number of hydrogen-bond donors (Lipinski definition) is 1. The molecule has 3 heterocycles. The lowest BCUT2D eigenvalue weighted by molar-refractivity contribution is -0.143. The third-order valence-electron chi connectivity index (χ3n) is 4.62. The molecule has 1 aliphatic rings. The van der Waals surface area contributed by atoms with E-state index in [0.29, 0.717) is 17.8 Å². The van der Waals surface area contributed by atoms with Gasteiger partial charge in [-0.2, -0.15) is 0 Å². The summed E-state index contributed by atoms with van der Waals surface area (Å²) in [4.78, 5) is 32.1. The summed E-state index contributed by atoms with van der Waals surface area (Å²) < 4.78 is 1.12. The van der Waals surface area contributed by atoms with Gasteiger partial charge in [-0.25, -0.2) is 4.98 Å². The van der Waals surface area contributed by atoms with Crippen molar-refractivity contribution in [2.45, 2.75) is 13.3 Å². The Kier molecular flexibility index (Phi) is 4.50. The second kappa shape index (κ2) is 6.81. The zero-order valence-electron chi connectivity index (χ0n) is 14.2. The predicted molar refractivity (Wildman–Crippen MR) is 104 cm³/mol. The summed E-state index contributed by atoms with van der Waals surface area (Å²) in [6, 6.07) is 11.7. The Morgan fingerprint density at radius 1 is 1.15 bits per heavy atom. The van der Waals surface area contributed by atoms with Gasteiger partial charge in [-0.15, -0.1) is 22.7 Å². The predicted octanol–water partition coefficient (Wildman–Crippen LogP) is 4.21. The summed E-state index contributed by atoms with van der Waals surface area (Å²) in [6.45, 7) is 2.89. The number of carbonyl (C=O) groups is 2. The van der Waals surface area contributed by atoms with Gasteiger partial charge in [0.15, 0.2) is 0 Å². The van der Waals surface area contributed by atoms with Crippen molar-refractivity contribution in [1.29, 1.82) is 0 Å². The summed E-state index contributed by atoms with van der Waals surface area (Å²) in [6.07, 6.45) is 0.626. The summed E-state index contributed by atoms with van der Waals surface area (Å²) in [7, 11) is 0. The van der Waals surface area contributed by atoms with Crippen molar-refractivity contribution in [2.24, 2.45) is 11.8 Å². The number of nitrogens with zero attached hydrogens (tertiary/aromatic N) is 2. The Bertz CT molecular complexity index is 945. The van der Waals surface area contributed by atoms with E-state index in [1.54, 1.807) is 16.2 Å². The highest BCUT2D eigenvalue weighted by Crippen LogP contribution is 2.35. The SMILES string of the molecule is CC1CC(C(=O)O)CN(C(=O)c2ccc(-c3nc4ccccc4s3)s2)C1. The molecule has 7 heteroatoms. The summed E-state index contributed by atoms with van der Waals surface area (Å²) in [5.74, 6) is -1.19. The van der Waals surface area contributed by atoms with Gasteiger partial charge in [0.25, 0.3) is 5.91 Å². The van der Waals surface area contributed by atoms with E-state index in [0.717, 1.165) is 20.1 Å². The molecule has 1 N–H and O–H groups in total. The smallest absolute Gasteiger partial charge is 0.308 e. The molecule has 4 rings (SSSR count). The Balaban J connectivity index is 1.57. The van der Waals surface area contributed by atoms with Crippen LogP contribution in [-0.2, 0) is 4.79 Å². The maximum Gasteiger partial charge on any atom is 0.308 e. The molecule has 0 saturated carbocycles. The Morgan fingerprint density at radius 3 is 2.73 bits per heavy atom. The van der Waals surface area contributed by atoms with E-state index in [1.807, 2.05) is 43.3 Å². The molecule has 1 fully saturated rings. The zero-order valence-corrected chi connectivity index (χ0v) is 15.8. The second-order valence-corrected chi connectivity index (χ2v) is 8.85. The molecule has 5 nitrogen and oxygen atoms in total. The van der Waals surface area contributed by atoms with E-state index in [9.17, 15) is 14.7 Å². The standard InChI is InChI=1S/C19H18N2O3S2/c1-11-8-12(19(23)24)10-21(9-11)18(22)16-7-6-15(25-16)17-20-13-4-2-3-5-14(13)26-17/h2-7,11-12H,8-10H2,1H3,(H,23,24). The molecule has 1 saturated heterocycles. The van der Waals surface area contributed by atoms with Crippen LogP contribution in [0.3, 0.4) is 0 Å². The molecular formula is C19H18N2O3S2. The molecule has 1 aliphatic heterocycles. The lowest BCUT2D eigenvalue weighted by atomic mass is 9.90. The van der Waals surface area contributed by atoms with Gasteiger partial charge in [0.05, 0.1) is 25.9 Å². The van der Waals surface area contributed by atoms with E-state index in [4.69, 9.17) is 0 Å². The van der Waals surface area contributed by atoms with Crippen LogP contribution in [-0.4, -0.2) is 40.0 Å². The van der Waals surface area contributed by atoms with Crippen LogP contribution in [0.1, 0.15) is 23.0 Å². The number of aromatic nitrogens is 1. The first kappa shape index (κ1) is 17.2. The van der Waals surface area contributed by atoms with Crippen LogP contribution in [0.15, 0.2) is 36.4 Å². The van der Waals surface area contributed by atoms with Crippen LogP contribution in [0.25, 0.3) is 20.1 Å². The van der Waals surface area contributed by atoms with Gasteiger partial charge in [-0.3, -0.25) is 9.59 Å². The average molecular weight is 386 g/mol. The van der Waals surface area contributed by atoms with Crippen LogP contribution in [0.2, 0.25) is 0 Å². The number of piperidine rings is 1.